The van der Waals surface area contributed by atoms with Crippen LogP contribution in [0.5, 0.6) is 5.75 Å². The molecule has 3 N–H and O–H groups in total. The lowest BCUT2D eigenvalue weighted by Gasteiger charge is -2.27. The maximum Gasteiger partial charge on any atom is 0.241 e. The van der Waals surface area contributed by atoms with Gasteiger partial charge in [-0.15, -0.1) is 0 Å². The van der Waals surface area contributed by atoms with Crippen LogP contribution >= 0.6 is 0 Å². The maximum atomic E-state index is 11.6. The lowest BCUT2D eigenvalue weighted by atomic mass is 9.80. The maximum absolute atomic E-state index is 11.6. The third-order valence-corrected chi connectivity index (χ3v) is 3.98. The first-order valence-electron chi connectivity index (χ1n) is 6.15. The highest BCUT2D eigenvalue weighted by Crippen LogP contribution is 2.38. The molecule has 0 aromatic heterocycles. The van der Waals surface area contributed by atoms with Crippen LogP contribution in [0.2, 0.25) is 0 Å². The van der Waals surface area contributed by atoms with Gasteiger partial charge in [-0.2, -0.15) is 0 Å². The minimum absolute atomic E-state index is 0.204. The molecule has 0 fully saturated rings. The van der Waals surface area contributed by atoms with E-state index in [1.807, 2.05) is 47.6 Å². The molecule has 0 saturated heterocycles. The highest BCUT2D eigenvalue weighted by atomic mass is 32.2. The molecule has 0 spiro atoms. The number of hydrogen-bond acceptors (Lipinski definition) is 3. The second-order valence-corrected chi connectivity index (χ2v) is 8.45. The van der Waals surface area contributed by atoms with Crippen LogP contribution in [-0.2, 0) is 20.9 Å². The summed E-state index contributed by atoms with van der Waals surface area (Å²) in [4.78, 5) is -0.204. The molecule has 0 bridgehead atoms. The van der Waals surface area contributed by atoms with E-state index in [1.165, 1.54) is 6.07 Å². The van der Waals surface area contributed by atoms with Gasteiger partial charge in [-0.1, -0.05) is 47.6 Å². The summed E-state index contributed by atoms with van der Waals surface area (Å²) in [6.45, 7) is 11.7. The number of rotatable bonds is 1. The Morgan fingerprint density at radius 3 is 1.79 bits per heavy atom. The molecule has 0 radical (unpaired) electrons. The van der Waals surface area contributed by atoms with Crippen molar-refractivity contribution in [3.63, 3.8) is 0 Å². The fourth-order valence-corrected chi connectivity index (χ4v) is 2.50. The minimum Gasteiger partial charge on any atom is -0.506 e. The molecule has 0 amide bonds. The van der Waals surface area contributed by atoms with Crippen LogP contribution in [0.15, 0.2) is 17.0 Å². The summed E-state index contributed by atoms with van der Waals surface area (Å²) in [6.07, 6.45) is 0. The third-order valence-electron chi connectivity index (χ3n) is 3.06. The SMILES string of the molecule is CC(C)(C)c1cc(C(C)(C)C)c(O)c(S(N)(=O)=O)c1. The van der Waals surface area contributed by atoms with Gasteiger partial charge in [0.25, 0.3) is 0 Å². The van der Waals surface area contributed by atoms with Crippen molar-refractivity contribution in [1.82, 2.24) is 0 Å². The zero-order valence-corrected chi connectivity index (χ0v) is 13.2. The van der Waals surface area contributed by atoms with E-state index in [9.17, 15) is 13.5 Å². The molecule has 0 aliphatic heterocycles. The van der Waals surface area contributed by atoms with Crippen LogP contribution in [0.4, 0.5) is 0 Å². The van der Waals surface area contributed by atoms with Crippen LogP contribution in [-0.4, -0.2) is 13.5 Å². The summed E-state index contributed by atoms with van der Waals surface area (Å²) in [5.74, 6) is -0.247. The largest absolute Gasteiger partial charge is 0.506 e. The number of phenolic OH excluding ortho intramolecular Hbond substituents is 1. The predicted octanol–water partition coefficient (Wildman–Crippen LogP) is 2.63. The number of nitrogens with two attached hydrogens (primary N) is 1. The second kappa shape index (κ2) is 4.49. The summed E-state index contributed by atoms with van der Waals surface area (Å²) < 4.78 is 23.3. The highest BCUT2D eigenvalue weighted by Gasteiger charge is 2.28. The van der Waals surface area contributed by atoms with Crippen molar-refractivity contribution >= 4 is 10.0 Å². The standard InChI is InChI=1S/C14H23NO3S/c1-13(2,3)9-7-10(14(4,5)6)12(16)11(8-9)19(15,17)18/h7-8,16H,1-6H3,(H2,15,17,18). The van der Waals surface area contributed by atoms with Crippen LogP contribution in [0.1, 0.15) is 52.7 Å². The molecule has 1 aromatic rings. The van der Waals surface area contributed by atoms with Crippen LogP contribution in [0, 0.1) is 0 Å². The Morgan fingerprint density at radius 2 is 1.47 bits per heavy atom. The topological polar surface area (TPSA) is 80.4 Å². The third kappa shape index (κ3) is 3.48. The number of benzene rings is 1. The van der Waals surface area contributed by atoms with Crippen molar-refractivity contribution < 1.29 is 13.5 Å². The lowest BCUT2D eigenvalue weighted by molar-refractivity contribution is 0.429. The highest BCUT2D eigenvalue weighted by molar-refractivity contribution is 7.89. The number of hydrogen-bond donors (Lipinski definition) is 2. The van der Waals surface area contributed by atoms with Gasteiger partial charge in [0.05, 0.1) is 0 Å². The Kier molecular flexibility index (Phi) is 3.78. The fraction of sp³-hybridized carbons (Fsp3) is 0.571. The van der Waals surface area contributed by atoms with Crippen molar-refractivity contribution in [2.45, 2.75) is 57.3 Å². The van der Waals surface area contributed by atoms with Gasteiger partial charge in [-0.3, -0.25) is 0 Å². The molecule has 0 saturated carbocycles. The van der Waals surface area contributed by atoms with Crippen LogP contribution in [0.25, 0.3) is 0 Å². The fourth-order valence-electron chi connectivity index (χ4n) is 1.83. The zero-order valence-electron chi connectivity index (χ0n) is 12.4. The molecule has 0 aliphatic rings. The Bertz CT molecular complexity index is 590. The monoisotopic (exact) mass is 285 g/mol. The molecule has 1 rings (SSSR count). The molecular weight excluding hydrogens is 262 g/mol. The Morgan fingerprint density at radius 1 is 1.00 bits per heavy atom. The summed E-state index contributed by atoms with van der Waals surface area (Å²) in [7, 11) is -3.95. The van der Waals surface area contributed by atoms with Gasteiger partial charge in [0.15, 0.2) is 0 Å². The van der Waals surface area contributed by atoms with E-state index in [0.717, 1.165) is 5.56 Å². The second-order valence-electron chi connectivity index (χ2n) is 6.92. The van der Waals surface area contributed by atoms with Gasteiger partial charge >= 0.3 is 0 Å². The van der Waals surface area contributed by atoms with Gasteiger partial charge in [0.1, 0.15) is 10.6 Å². The van der Waals surface area contributed by atoms with Gasteiger partial charge < -0.3 is 5.11 Å². The van der Waals surface area contributed by atoms with Crippen molar-refractivity contribution in [2.75, 3.05) is 0 Å². The summed E-state index contributed by atoms with van der Waals surface area (Å²) >= 11 is 0. The summed E-state index contributed by atoms with van der Waals surface area (Å²) in [5.41, 5.74) is 0.820. The molecule has 0 atom stereocenters. The van der Waals surface area contributed by atoms with E-state index in [1.54, 1.807) is 0 Å². The molecule has 5 heteroatoms. The first-order valence-corrected chi connectivity index (χ1v) is 7.70. The van der Waals surface area contributed by atoms with Gasteiger partial charge in [0.2, 0.25) is 10.0 Å². The van der Waals surface area contributed by atoms with Crippen LogP contribution in [0.3, 0.4) is 0 Å². The van der Waals surface area contributed by atoms with E-state index < -0.39 is 10.0 Å². The van der Waals surface area contributed by atoms with Gasteiger partial charge in [-0.05, 0) is 22.5 Å². The van der Waals surface area contributed by atoms with Crippen molar-refractivity contribution in [3.8, 4) is 5.75 Å². The molecule has 19 heavy (non-hydrogen) atoms. The molecule has 0 unspecified atom stereocenters. The van der Waals surface area contributed by atoms with Crippen molar-refractivity contribution in [2.24, 2.45) is 5.14 Å². The van der Waals surface area contributed by atoms with Gasteiger partial charge in [0, 0.05) is 5.56 Å². The minimum atomic E-state index is -3.95. The number of phenols is 1. The molecular formula is C14H23NO3S. The van der Waals surface area contributed by atoms with Crippen molar-refractivity contribution in [3.05, 3.63) is 23.3 Å². The summed E-state index contributed by atoms with van der Waals surface area (Å²) in [5, 5.41) is 15.4. The quantitative estimate of drug-likeness (QED) is 0.832. The molecule has 4 nitrogen and oxygen atoms in total. The molecule has 0 aliphatic carbocycles. The lowest BCUT2D eigenvalue weighted by Crippen LogP contribution is -2.20. The smallest absolute Gasteiger partial charge is 0.241 e. The normalized spacial score (nSPS) is 13.6. The van der Waals surface area contributed by atoms with Crippen LogP contribution < -0.4 is 5.14 Å². The number of aromatic hydroxyl groups is 1. The van der Waals surface area contributed by atoms with E-state index in [0.29, 0.717) is 5.56 Å². The average molecular weight is 285 g/mol. The molecule has 108 valence electrons. The van der Waals surface area contributed by atoms with E-state index in [2.05, 4.69) is 0 Å². The molecule has 0 heterocycles. The Balaban J connectivity index is 3.78. The number of sulfonamides is 1. The Labute approximate surface area is 115 Å². The summed E-state index contributed by atoms with van der Waals surface area (Å²) in [6, 6.07) is 3.31. The van der Waals surface area contributed by atoms with E-state index in [4.69, 9.17) is 5.14 Å². The predicted molar refractivity (Wildman–Crippen MR) is 76.9 cm³/mol. The Hall–Kier alpha value is -1.07. The number of primary sulfonamides is 1. The van der Waals surface area contributed by atoms with E-state index >= 15 is 0 Å². The average Bonchev–Trinajstić information content (AvgIpc) is 2.11. The zero-order chi connectivity index (χ0) is 15.2. The van der Waals surface area contributed by atoms with E-state index in [-0.39, 0.29) is 21.5 Å². The van der Waals surface area contributed by atoms with Gasteiger partial charge in [-0.25, -0.2) is 13.6 Å². The first kappa shape index (κ1) is 16.0. The van der Waals surface area contributed by atoms with Crippen molar-refractivity contribution in [1.29, 1.82) is 0 Å². The first-order chi connectivity index (χ1) is 8.24. The molecule has 1 aromatic carbocycles.